The average Bonchev–Trinajstić information content (AvgIpc) is 2.11. The summed E-state index contributed by atoms with van der Waals surface area (Å²) in [5.74, 6) is -0.249. The predicted octanol–water partition coefficient (Wildman–Crippen LogP) is 2.51. The number of hydrogen-bond donors (Lipinski definition) is 1. The lowest BCUT2D eigenvalue weighted by atomic mass is 9.93. The third kappa shape index (κ3) is 6.36. The van der Waals surface area contributed by atoms with Gasteiger partial charge in [0.05, 0.1) is 18.8 Å². The number of hydrogen-bond acceptors (Lipinski definition) is 4. The third-order valence-electron chi connectivity index (χ3n) is 2.49. The van der Waals surface area contributed by atoms with Crippen LogP contribution in [-0.4, -0.2) is 36.4 Å². The minimum Gasteiger partial charge on any atom is -0.468 e. The van der Waals surface area contributed by atoms with E-state index in [4.69, 9.17) is 9.47 Å². The minimum atomic E-state index is -0.715. The van der Waals surface area contributed by atoms with Crippen molar-refractivity contribution in [3.05, 3.63) is 0 Å². The number of rotatable bonds is 6. The van der Waals surface area contributed by atoms with Gasteiger partial charge in [0.25, 0.3) is 0 Å². The van der Waals surface area contributed by atoms with Crippen molar-refractivity contribution in [2.24, 2.45) is 0 Å². The fourth-order valence-corrected chi connectivity index (χ4v) is 2.28. The molecule has 4 nitrogen and oxygen atoms in total. The second-order valence-corrected chi connectivity index (χ2v) is 6.37. The van der Waals surface area contributed by atoms with Crippen molar-refractivity contribution >= 4 is 5.97 Å². The molecule has 2 atom stereocenters. The van der Waals surface area contributed by atoms with Gasteiger partial charge in [-0.15, -0.1) is 0 Å². The van der Waals surface area contributed by atoms with E-state index in [1.54, 1.807) is 0 Å². The molecule has 0 rings (SSSR count). The molecule has 4 heteroatoms. The number of methoxy groups -OCH3 is 1. The maximum absolute atomic E-state index is 11.9. The molecule has 0 saturated heterocycles. The molecule has 0 heterocycles. The van der Waals surface area contributed by atoms with E-state index < -0.39 is 5.54 Å². The first-order valence-corrected chi connectivity index (χ1v) is 6.54. The zero-order valence-corrected chi connectivity index (χ0v) is 13.1. The van der Waals surface area contributed by atoms with E-state index in [9.17, 15) is 4.79 Å². The Hall–Kier alpha value is -0.610. The summed E-state index contributed by atoms with van der Waals surface area (Å²) in [7, 11) is 1.41. The molecule has 0 aliphatic carbocycles. The van der Waals surface area contributed by atoms with E-state index in [2.05, 4.69) is 5.32 Å². The Morgan fingerprint density at radius 1 is 1.17 bits per heavy atom. The lowest BCUT2D eigenvalue weighted by Crippen LogP contribution is -2.55. The zero-order chi connectivity index (χ0) is 14.6. The maximum Gasteiger partial charge on any atom is 0.325 e. The van der Waals surface area contributed by atoms with Crippen LogP contribution in [0.2, 0.25) is 0 Å². The van der Waals surface area contributed by atoms with Crippen LogP contribution in [0.25, 0.3) is 0 Å². The van der Waals surface area contributed by atoms with Crippen molar-refractivity contribution in [3.8, 4) is 0 Å². The highest BCUT2D eigenvalue weighted by molar-refractivity contribution is 5.80. The molecule has 0 saturated carbocycles. The number of nitrogens with one attached hydrogen (secondary N) is 1. The van der Waals surface area contributed by atoms with Gasteiger partial charge < -0.3 is 9.47 Å². The molecule has 0 amide bonds. The van der Waals surface area contributed by atoms with Crippen molar-refractivity contribution in [3.63, 3.8) is 0 Å². The average molecular weight is 259 g/mol. The standard InChI is InChI=1S/C14H29NO3/c1-10(2)15-14(7,12(16)17-8)9-11(3)18-13(4,5)6/h10-11,15H,9H2,1-8H3. The molecule has 0 aromatic heterocycles. The SMILES string of the molecule is COC(=O)C(C)(CC(C)OC(C)(C)C)NC(C)C. The molecule has 0 radical (unpaired) electrons. The summed E-state index contributed by atoms with van der Waals surface area (Å²) < 4.78 is 10.8. The number of carbonyl (C=O) groups is 1. The maximum atomic E-state index is 11.9. The molecule has 0 fully saturated rings. The molecular weight excluding hydrogens is 230 g/mol. The van der Waals surface area contributed by atoms with Gasteiger partial charge in [-0.25, -0.2) is 0 Å². The van der Waals surface area contributed by atoms with Crippen LogP contribution < -0.4 is 5.32 Å². The molecule has 108 valence electrons. The van der Waals surface area contributed by atoms with Crippen LogP contribution in [0.4, 0.5) is 0 Å². The van der Waals surface area contributed by atoms with Crippen molar-refractivity contribution in [2.45, 2.75) is 78.2 Å². The summed E-state index contributed by atoms with van der Waals surface area (Å²) in [5, 5.41) is 3.27. The van der Waals surface area contributed by atoms with E-state index >= 15 is 0 Å². The van der Waals surface area contributed by atoms with Crippen molar-refractivity contribution in [1.29, 1.82) is 0 Å². The molecule has 1 N–H and O–H groups in total. The van der Waals surface area contributed by atoms with Gasteiger partial charge in [0.2, 0.25) is 0 Å². The topological polar surface area (TPSA) is 47.6 Å². The summed E-state index contributed by atoms with van der Waals surface area (Å²) in [5.41, 5.74) is -0.929. The zero-order valence-electron chi connectivity index (χ0n) is 13.1. The highest BCUT2D eigenvalue weighted by atomic mass is 16.5. The molecule has 0 aromatic carbocycles. The monoisotopic (exact) mass is 259 g/mol. The Kier molecular flexibility index (Phi) is 6.30. The first-order valence-electron chi connectivity index (χ1n) is 6.54. The fraction of sp³-hybridized carbons (Fsp3) is 0.929. The smallest absolute Gasteiger partial charge is 0.325 e. The Labute approximate surface area is 111 Å². The van der Waals surface area contributed by atoms with E-state index in [0.717, 1.165) is 0 Å². The van der Waals surface area contributed by atoms with E-state index in [1.165, 1.54) is 7.11 Å². The minimum absolute atomic E-state index is 0.0275. The summed E-state index contributed by atoms with van der Waals surface area (Å²) in [6.07, 6.45) is 0.551. The van der Waals surface area contributed by atoms with Crippen LogP contribution in [0.1, 0.15) is 54.9 Å². The summed E-state index contributed by atoms with van der Waals surface area (Å²) in [4.78, 5) is 11.9. The largest absolute Gasteiger partial charge is 0.468 e. The molecule has 0 aliphatic rings. The molecular formula is C14H29NO3. The van der Waals surface area contributed by atoms with Crippen LogP contribution in [0.3, 0.4) is 0 Å². The number of carbonyl (C=O) groups excluding carboxylic acids is 1. The third-order valence-corrected chi connectivity index (χ3v) is 2.49. The van der Waals surface area contributed by atoms with E-state index in [0.29, 0.717) is 6.42 Å². The Balaban J connectivity index is 4.74. The van der Waals surface area contributed by atoms with Crippen molar-refractivity contribution in [1.82, 2.24) is 5.32 Å². The highest BCUT2D eigenvalue weighted by Crippen LogP contribution is 2.21. The summed E-state index contributed by atoms with van der Waals surface area (Å²) in [6.45, 7) is 13.9. The van der Waals surface area contributed by atoms with Crippen LogP contribution >= 0.6 is 0 Å². The quantitative estimate of drug-likeness (QED) is 0.745. The first-order chi connectivity index (χ1) is 8.00. The molecule has 0 aromatic rings. The normalized spacial score (nSPS) is 17.4. The van der Waals surface area contributed by atoms with Gasteiger partial charge in [-0.05, 0) is 48.5 Å². The van der Waals surface area contributed by atoms with Gasteiger partial charge in [-0.3, -0.25) is 10.1 Å². The first kappa shape index (κ1) is 17.4. The highest BCUT2D eigenvalue weighted by Gasteiger charge is 2.37. The van der Waals surface area contributed by atoms with Gasteiger partial charge in [0.15, 0.2) is 0 Å². The molecule has 2 unspecified atom stereocenters. The molecule has 0 bridgehead atoms. The van der Waals surface area contributed by atoms with Crippen LogP contribution in [-0.2, 0) is 14.3 Å². The van der Waals surface area contributed by atoms with Crippen molar-refractivity contribution in [2.75, 3.05) is 7.11 Å². The van der Waals surface area contributed by atoms with Crippen molar-refractivity contribution < 1.29 is 14.3 Å². The van der Waals surface area contributed by atoms with Gasteiger partial charge in [0.1, 0.15) is 5.54 Å². The van der Waals surface area contributed by atoms with Gasteiger partial charge in [-0.2, -0.15) is 0 Å². The predicted molar refractivity (Wildman–Crippen MR) is 73.6 cm³/mol. The lowest BCUT2D eigenvalue weighted by Gasteiger charge is -2.34. The Morgan fingerprint density at radius 2 is 1.67 bits per heavy atom. The Bertz CT molecular complexity index is 271. The molecule has 18 heavy (non-hydrogen) atoms. The second kappa shape index (κ2) is 6.53. The summed E-state index contributed by atoms with van der Waals surface area (Å²) in [6, 6.07) is 0.205. The molecule has 0 spiro atoms. The number of ether oxygens (including phenoxy) is 2. The van der Waals surface area contributed by atoms with Gasteiger partial charge in [0, 0.05) is 12.5 Å². The van der Waals surface area contributed by atoms with E-state index in [-0.39, 0.29) is 23.7 Å². The van der Waals surface area contributed by atoms with E-state index in [1.807, 2.05) is 48.5 Å². The fourth-order valence-electron chi connectivity index (χ4n) is 2.28. The van der Waals surface area contributed by atoms with Crippen LogP contribution in [0.15, 0.2) is 0 Å². The van der Waals surface area contributed by atoms with Gasteiger partial charge in [-0.1, -0.05) is 0 Å². The lowest BCUT2D eigenvalue weighted by molar-refractivity contribution is -0.151. The Morgan fingerprint density at radius 3 is 2.00 bits per heavy atom. The second-order valence-electron chi connectivity index (χ2n) is 6.37. The van der Waals surface area contributed by atoms with Crippen LogP contribution in [0, 0.1) is 0 Å². The van der Waals surface area contributed by atoms with Crippen LogP contribution in [0.5, 0.6) is 0 Å². The summed E-state index contributed by atoms with van der Waals surface area (Å²) >= 11 is 0. The van der Waals surface area contributed by atoms with Gasteiger partial charge >= 0.3 is 5.97 Å². The number of esters is 1. The molecule has 0 aliphatic heterocycles.